The van der Waals surface area contributed by atoms with Gasteiger partial charge >= 0.3 is 0 Å². The topological polar surface area (TPSA) is 4.93 Å². The molecule has 1 aromatic heterocycles. The molecule has 0 atom stereocenters. The lowest BCUT2D eigenvalue weighted by Gasteiger charge is -2.24. The summed E-state index contributed by atoms with van der Waals surface area (Å²) in [6.45, 7) is 6.83. The summed E-state index contributed by atoms with van der Waals surface area (Å²) in [6, 6.07) is 30.9. The minimum atomic E-state index is 0.0301. The zero-order chi connectivity index (χ0) is 18.6. The number of para-hydroxylation sites is 1. The maximum absolute atomic E-state index is 2.46. The van der Waals surface area contributed by atoms with Crippen LogP contribution in [-0.2, 0) is 5.54 Å². The highest BCUT2D eigenvalue weighted by molar-refractivity contribution is 6.10. The van der Waals surface area contributed by atoms with E-state index in [1.54, 1.807) is 0 Å². The van der Waals surface area contributed by atoms with Crippen molar-refractivity contribution < 1.29 is 0 Å². The first-order valence-electron chi connectivity index (χ1n) is 9.56. The van der Waals surface area contributed by atoms with Crippen LogP contribution < -0.4 is 0 Å². The van der Waals surface area contributed by atoms with E-state index in [-0.39, 0.29) is 5.54 Å². The molecule has 0 radical (unpaired) electrons. The highest BCUT2D eigenvalue weighted by atomic mass is 15.0. The average molecular weight is 349 g/mol. The van der Waals surface area contributed by atoms with Crippen LogP contribution in [0.15, 0.2) is 84.9 Å². The Hall–Kier alpha value is -3.06. The van der Waals surface area contributed by atoms with E-state index >= 15 is 0 Å². The molecule has 0 aliphatic carbocycles. The van der Waals surface area contributed by atoms with Crippen molar-refractivity contribution in [3.63, 3.8) is 0 Å². The molecule has 0 saturated carbocycles. The molecule has 0 aliphatic rings. The first-order chi connectivity index (χ1) is 13.0. The number of fused-ring (bicyclic) bond motifs is 4. The summed E-state index contributed by atoms with van der Waals surface area (Å²) >= 11 is 0. The number of hydrogen-bond donors (Lipinski definition) is 0. The molecular formula is C26H23N. The standard InChI is InChI=1S/C26H23N/c1-26(2,3)27-24-14-7-6-12-22(24)23-17-19(15-16-25(23)27)21-13-8-10-18-9-4-5-11-20(18)21/h4-17H,1-3H3. The second-order valence-electron chi connectivity index (χ2n) is 8.28. The number of aromatic nitrogens is 1. The predicted molar refractivity (Wildman–Crippen MR) is 117 cm³/mol. The molecular weight excluding hydrogens is 326 g/mol. The monoisotopic (exact) mass is 349 g/mol. The van der Waals surface area contributed by atoms with Gasteiger partial charge in [0.05, 0.1) is 0 Å². The molecule has 27 heavy (non-hydrogen) atoms. The number of benzene rings is 4. The summed E-state index contributed by atoms with van der Waals surface area (Å²) in [5.41, 5.74) is 5.20. The summed E-state index contributed by atoms with van der Waals surface area (Å²) in [5, 5.41) is 5.24. The van der Waals surface area contributed by atoms with Crippen LogP contribution in [0.25, 0.3) is 43.7 Å². The summed E-state index contributed by atoms with van der Waals surface area (Å²) in [7, 11) is 0. The molecule has 0 bridgehead atoms. The van der Waals surface area contributed by atoms with Gasteiger partial charge < -0.3 is 4.57 Å². The van der Waals surface area contributed by atoms with E-state index in [4.69, 9.17) is 0 Å². The van der Waals surface area contributed by atoms with Gasteiger partial charge in [0.1, 0.15) is 0 Å². The number of hydrogen-bond acceptors (Lipinski definition) is 0. The zero-order valence-electron chi connectivity index (χ0n) is 16.0. The lowest BCUT2D eigenvalue weighted by Crippen LogP contribution is -2.21. The van der Waals surface area contributed by atoms with Crippen LogP contribution in [0, 0.1) is 0 Å². The Morgan fingerprint density at radius 3 is 2.07 bits per heavy atom. The molecule has 0 N–H and O–H groups in total. The van der Waals surface area contributed by atoms with Gasteiger partial charge in [0.15, 0.2) is 0 Å². The summed E-state index contributed by atoms with van der Waals surface area (Å²) in [6.07, 6.45) is 0. The maximum atomic E-state index is 2.46. The van der Waals surface area contributed by atoms with Crippen molar-refractivity contribution in [1.82, 2.24) is 4.57 Å². The van der Waals surface area contributed by atoms with Crippen molar-refractivity contribution in [3.8, 4) is 11.1 Å². The Morgan fingerprint density at radius 2 is 1.26 bits per heavy atom. The van der Waals surface area contributed by atoms with Gasteiger partial charge in [0, 0.05) is 27.3 Å². The quantitative estimate of drug-likeness (QED) is 0.298. The minimum absolute atomic E-state index is 0.0301. The largest absolute Gasteiger partial charge is 0.335 e. The Morgan fingerprint density at radius 1 is 0.593 bits per heavy atom. The molecule has 4 aromatic carbocycles. The molecule has 1 nitrogen and oxygen atoms in total. The molecule has 1 heterocycles. The third-order valence-electron chi connectivity index (χ3n) is 5.44. The van der Waals surface area contributed by atoms with E-state index in [1.807, 2.05) is 0 Å². The molecule has 5 aromatic rings. The molecule has 1 heteroatoms. The Balaban J connectivity index is 1.86. The highest BCUT2D eigenvalue weighted by Gasteiger charge is 2.20. The Kier molecular flexibility index (Phi) is 3.42. The van der Waals surface area contributed by atoms with Gasteiger partial charge in [-0.25, -0.2) is 0 Å². The van der Waals surface area contributed by atoms with Gasteiger partial charge in [0.2, 0.25) is 0 Å². The summed E-state index contributed by atoms with van der Waals surface area (Å²) in [5.74, 6) is 0. The molecule has 0 fully saturated rings. The zero-order valence-corrected chi connectivity index (χ0v) is 16.0. The van der Waals surface area contributed by atoms with Crippen molar-refractivity contribution >= 4 is 32.6 Å². The van der Waals surface area contributed by atoms with E-state index in [9.17, 15) is 0 Å². The van der Waals surface area contributed by atoms with Crippen LogP contribution in [0.4, 0.5) is 0 Å². The van der Waals surface area contributed by atoms with Crippen LogP contribution >= 0.6 is 0 Å². The fourth-order valence-electron chi connectivity index (χ4n) is 4.34. The molecule has 0 aliphatic heterocycles. The van der Waals surface area contributed by atoms with Crippen LogP contribution in [-0.4, -0.2) is 4.57 Å². The molecule has 132 valence electrons. The summed E-state index contributed by atoms with van der Waals surface area (Å²) < 4.78 is 2.46. The van der Waals surface area contributed by atoms with E-state index in [0.29, 0.717) is 0 Å². The van der Waals surface area contributed by atoms with Gasteiger partial charge in [-0.3, -0.25) is 0 Å². The van der Waals surface area contributed by atoms with Crippen molar-refractivity contribution in [2.45, 2.75) is 26.3 Å². The fourth-order valence-corrected chi connectivity index (χ4v) is 4.34. The van der Waals surface area contributed by atoms with Crippen LogP contribution in [0.5, 0.6) is 0 Å². The molecule has 0 unspecified atom stereocenters. The van der Waals surface area contributed by atoms with Gasteiger partial charge in [-0.2, -0.15) is 0 Å². The SMILES string of the molecule is CC(C)(C)n1c2ccccc2c2cc(-c3cccc4ccccc34)ccc21. The van der Waals surface area contributed by atoms with Gasteiger partial charge in [-0.1, -0.05) is 66.7 Å². The Labute approximate surface area is 159 Å². The van der Waals surface area contributed by atoms with Gasteiger partial charge in [-0.05, 0) is 60.9 Å². The minimum Gasteiger partial charge on any atom is -0.335 e. The van der Waals surface area contributed by atoms with Crippen LogP contribution in [0.2, 0.25) is 0 Å². The van der Waals surface area contributed by atoms with Crippen LogP contribution in [0.1, 0.15) is 20.8 Å². The summed E-state index contributed by atoms with van der Waals surface area (Å²) in [4.78, 5) is 0. The molecule has 0 amide bonds. The molecule has 0 spiro atoms. The fraction of sp³-hybridized carbons (Fsp3) is 0.154. The maximum Gasteiger partial charge on any atom is 0.0496 e. The molecule has 5 rings (SSSR count). The lowest BCUT2D eigenvalue weighted by atomic mass is 9.97. The van der Waals surface area contributed by atoms with Crippen molar-refractivity contribution in [2.24, 2.45) is 0 Å². The second kappa shape index (κ2) is 5.72. The third-order valence-corrected chi connectivity index (χ3v) is 5.44. The molecule has 0 saturated heterocycles. The van der Waals surface area contributed by atoms with Crippen molar-refractivity contribution in [1.29, 1.82) is 0 Å². The van der Waals surface area contributed by atoms with Crippen molar-refractivity contribution in [2.75, 3.05) is 0 Å². The van der Waals surface area contributed by atoms with E-state index in [0.717, 1.165) is 0 Å². The first-order valence-corrected chi connectivity index (χ1v) is 9.56. The number of nitrogens with zero attached hydrogens (tertiary/aromatic N) is 1. The predicted octanol–water partition coefficient (Wildman–Crippen LogP) is 7.37. The van der Waals surface area contributed by atoms with Crippen LogP contribution in [0.3, 0.4) is 0 Å². The third kappa shape index (κ3) is 2.46. The smallest absolute Gasteiger partial charge is 0.0496 e. The van der Waals surface area contributed by atoms with Crippen molar-refractivity contribution in [3.05, 3.63) is 84.9 Å². The lowest BCUT2D eigenvalue weighted by molar-refractivity contribution is 0.423. The Bertz CT molecular complexity index is 1290. The average Bonchev–Trinajstić information content (AvgIpc) is 3.01. The second-order valence-corrected chi connectivity index (χ2v) is 8.28. The van der Waals surface area contributed by atoms with E-state index < -0.39 is 0 Å². The van der Waals surface area contributed by atoms with E-state index in [2.05, 4.69) is 110 Å². The first kappa shape index (κ1) is 16.1. The van der Waals surface area contributed by atoms with Gasteiger partial charge in [0.25, 0.3) is 0 Å². The highest BCUT2D eigenvalue weighted by Crippen LogP contribution is 2.37. The van der Waals surface area contributed by atoms with E-state index in [1.165, 1.54) is 43.7 Å². The van der Waals surface area contributed by atoms with Gasteiger partial charge in [-0.15, -0.1) is 0 Å². The number of rotatable bonds is 1. The normalized spacial score (nSPS) is 12.3.